The summed E-state index contributed by atoms with van der Waals surface area (Å²) in [5.41, 5.74) is 4.67. The quantitative estimate of drug-likeness (QED) is 0.503. The fourth-order valence-corrected chi connectivity index (χ4v) is 4.41. The third kappa shape index (κ3) is 4.07. The van der Waals surface area contributed by atoms with Gasteiger partial charge in [0.2, 0.25) is 5.76 Å². The summed E-state index contributed by atoms with van der Waals surface area (Å²) < 4.78 is 10.7. The topological polar surface area (TPSA) is 118 Å². The number of carboxylic acid groups (broad SMARTS) is 1. The number of hydrogen-bond donors (Lipinski definition) is 3. The molecule has 2 atom stereocenters. The van der Waals surface area contributed by atoms with Crippen molar-refractivity contribution in [3.05, 3.63) is 77.7 Å². The van der Waals surface area contributed by atoms with Gasteiger partial charge in [-0.05, 0) is 34.6 Å². The number of carbonyl (C=O) groups is 3. The summed E-state index contributed by atoms with van der Waals surface area (Å²) in [5.74, 6) is -2.01. The first kappa shape index (κ1) is 20.8. The van der Waals surface area contributed by atoms with E-state index in [1.165, 1.54) is 12.3 Å². The van der Waals surface area contributed by atoms with Crippen LogP contribution in [0.2, 0.25) is 0 Å². The van der Waals surface area contributed by atoms with Gasteiger partial charge in [0.1, 0.15) is 6.61 Å². The van der Waals surface area contributed by atoms with Crippen molar-refractivity contribution in [3.8, 4) is 11.1 Å². The largest absolute Gasteiger partial charge is 0.481 e. The summed E-state index contributed by atoms with van der Waals surface area (Å²) in [4.78, 5) is 35.8. The number of anilines is 1. The van der Waals surface area contributed by atoms with E-state index in [-0.39, 0.29) is 36.4 Å². The number of furan rings is 1. The van der Waals surface area contributed by atoms with Crippen molar-refractivity contribution in [2.45, 2.75) is 12.3 Å². The average molecular weight is 446 g/mol. The molecule has 2 aliphatic carbocycles. The standard InChI is InChI=1S/C25H22N2O6/c28-23(26-12-14-11-19(14)24(29)30)22-21(9-10-32-22)27-25(31)33-13-20-17-7-3-1-5-15(17)16-6-2-4-8-18(16)20/h1-10,14,19-20H,11-13H2,(H,26,28)(H,27,31)(H,29,30)/t14-,19-/m0/s1. The van der Waals surface area contributed by atoms with Gasteiger partial charge in [0, 0.05) is 18.5 Å². The molecule has 0 radical (unpaired) electrons. The highest BCUT2D eigenvalue weighted by atomic mass is 16.5. The number of carboxylic acids is 1. The molecule has 5 rings (SSSR count). The second-order valence-corrected chi connectivity index (χ2v) is 8.26. The van der Waals surface area contributed by atoms with Crippen LogP contribution in [0.15, 0.2) is 65.3 Å². The number of rotatable bonds is 7. The molecule has 2 aromatic carbocycles. The molecule has 8 heteroatoms. The van der Waals surface area contributed by atoms with Crippen LogP contribution in [0.25, 0.3) is 11.1 Å². The summed E-state index contributed by atoms with van der Waals surface area (Å²) >= 11 is 0. The summed E-state index contributed by atoms with van der Waals surface area (Å²) in [6, 6.07) is 17.6. The molecular weight excluding hydrogens is 424 g/mol. The lowest BCUT2D eigenvalue weighted by Gasteiger charge is -2.14. The molecule has 0 spiro atoms. The van der Waals surface area contributed by atoms with Crippen LogP contribution in [0.5, 0.6) is 0 Å². The van der Waals surface area contributed by atoms with E-state index in [1.54, 1.807) is 0 Å². The first-order chi connectivity index (χ1) is 16.0. The Kier molecular flexibility index (Phi) is 5.34. The lowest BCUT2D eigenvalue weighted by molar-refractivity contribution is -0.138. The van der Waals surface area contributed by atoms with Crippen LogP contribution < -0.4 is 10.6 Å². The number of nitrogens with one attached hydrogen (secondary N) is 2. The lowest BCUT2D eigenvalue weighted by Crippen LogP contribution is -2.27. The van der Waals surface area contributed by atoms with Crippen molar-refractivity contribution in [1.29, 1.82) is 0 Å². The highest BCUT2D eigenvalue weighted by Crippen LogP contribution is 2.44. The van der Waals surface area contributed by atoms with Crippen LogP contribution in [0, 0.1) is 11.8 Å². The third-order valence-electron chi connectivity index (χ3n) is 6.22. The van der Waals surface area contributed by atoms with Gasteiger partial charge in [0.25, 0.3) is 5.91 Å². The number of benzene rings is 2. The minimum absolute atomic E-state index is 0.0592. The van der Waals surface area contributed by atoms with Gasteiger partial charge in [-0.25, -0.2) is 4.79 Å². The molecule has 2 amide bonds. The first-order valence-electron chi connectivity index (χ1n) is 10.7. The summed E-state index contributed by atoms with van der Waals surface area (Å²) in [7, 11) is 0. The zero-order valence-corrected chi connectivity index (χ0v) is 17.6. The van der Waals surface area contributed by atoms with E-state index in [0.717, 1.165) is 22.3 Å². The van der Waals surface area contributed by atoms with Crippen molar-refractivity contribution in [2.24, 2.45) is 11.8 Å². The SMILES string of the molecule is O=C(Nc1ccoc1C(=O)NC[C@@H]1C[C@@H]1C(=O)O)OCC1c2ccccc2-c2ccccc21. The maximum atomic E-state index is 12.5. The molecule has 8 nitrogen and oxygen atoms in total. The average Bonchev–Trinajstić information content (AvgIpc) is 3.35. The molecule has 168 valence electrons. The minimum atomic E-state index is -0.857. The zero-order valence-electron chi connectivity index (χ0n) is 17.6. The Hall–Kier alpha value is -4.07. The van der Waals surface area contributed by atoms with Crippen LogP contribution in [0.3, 0.4) is 0 Å². The molecule has 0 unspecified atom stereocenters. The highest BCUT2D eigenvalue weighted by molar-refractivity contribution is 6.00. The second kappa shape index (κ2) is 8.46. The van der Waals surface area contributed by atoms with E-state index < -0.39 is 23.9 Å². The van der Waals surface area contributed by atoms with Gasteiger partial charge < -0.3 is 19.6 Å². The molecule has 0 aliphatic heterocycles. The van der Waals surface area contributed by atoms with Crippen molar-refractivity contribution >= 4 is 23.7 Å². The van der Waals surface area contributed by atoms with E-state index in [9.17, 15) is 14.4 Å². The maximum Gasteiger partial charge on any atom is 0.411 e. The number of carbonyl (C=O) groups excluding carboxylic acids is 2. The van der Waals surface area contributed by atoms with Crippen LogP contribution >= 0.6 is 0 Å². The smallest absolute Gasteiger partial charge is 0.411 e. The molecule has 1 heterocycles. The van der Waals surface area contributed by atoms with Crippen LogP contribution in [-0.2, 0) is 9.53 Å². The summed E-state index contributed by atoms with van der Waals surface area (Å²) in [5, 5.41) is 14.2. The minimum Gasteiger partial charge on any atom is -0.481 e. The van der Waals surface area contributed by atoms with Gasteiger partial charge in [-0.15, -0.1) is 0 Å². The van der Waals surface area contributed by atoms with Gasteiger partial charge >= 0.3 is 12.1 Å². The van der Waals surface area contributed by atoms with Gasteiger partial charge in [-0.2, -0.15) is 0 Å². The van der Waals surface area contributed by atoms with Crippen molar-refractivity contribution in [2.75, 3.05) is 18.5 Å². The van der Waals surface area contributed by atoms with E-state index in [1.807, 2.05) is 36.4 Å². The molecule has 1 fully saturated rings. The third-order valence-corrected chi connectivity index (χ3v) is 6.22. The van der Waals surface area contributed by atoms with Gasteiger partial charge in [-0.1, -0.05) is 48.5 Å². The molecule has 2 aliphatic rings. The normalized spacial score (nSPS) is 18.2. The monoisotopic (exact) mass is 446 g/mol. The van der Waals surface area contributed by atoms with E-state index in [0.29, 0.717) is 6.42 Å². The molecule has 1 aromatic heterocycles. The fourth-order valence-electron chi connectivity index (χ4n) is 4.41. The van der Waals surface area contributed by atoms with Gasteiger partial charge in [0.15, 0.2) is 0 Å². The Balaban J connectivity index is 1.20. The molecular formula is C25H22N2O6. The Bertz CT molecular complexity index is 1190. The Morgan fingerprint density at radius 3 is 2.30 bits per heavy atom. The Morgan fingerprint density at radius 1 is 1.00 bits per heavy atom. The molecule has 0 bridgehead atoms. The Labute approximate surface area is 189 Å². The molecule has 3 N–H and O–H groups in total. The van der Waals surface area contributed by atoms with E-state index in [4.69, 9.17) is 14.3 Å². The molecule has 1 saturated carbocycles. The zero-order chi connectivity index (χ0) is 22.9. The van der Waals surface area contributed by atoms with Crippen LogP contribution in [-0.4, -0.2) is 36.2 Å². The molecule has 3 aromatic rings. The van der Waals surface area contributed by atoms with Crippen molar-refractivity contribution in [1.82, 2.24) is 5.32 Å². The van der Waals surface area contributed by atoms with Crippen molar-refractivity contribution in [3.63, 3.8) is 0 Å². The van der Waals surface area contributed by atoms with Crippen molar-refractivity contribution < 1.29 is 28.6 Å². The molecule has 0 saturated heterocycles. The number of ether oxygens (including phenoxy) is 1. The Morgan fingerprint density at radius 2 is 1.67 bits per heavy atom. The highest BCUT2D eigenvalue weighted by Gasteiger charge is 2.43. The van der Waals surface area contributed by atoms with E-state index in [2.05, 4.69) is 22.8 Å². The van der Waals surface area contributed by atoms with Crippen LogP contribution in [0.4, 0.5) is 10.5 Å². The predicted octanol–water partition coefficient (Wildman–Crippen LogP) is 4.09. The number of hydrogen-bond acceptors (Lipinski definition) is 5. The maximum absolute atomic E-state index is 12.5. The van der Waals surface area contributed by atoms with Gasteiger partial charge in [-0.3, -0.25) is 14.9 Å². The summed E-state index contributed by atoms with van der Waals surface area (Å²) in [6.45, 7) is 0.387. The second-order valence-electron chi connectivity index (χ2n) is 8.26. The molecule has 33 heavy (non-hydrogen) atoms. The van der Waals surface area contributed by atoms with Crippen LogP contribution in [0.1, 0.15) is 34.0 Å². The number of fused-ring (bicyclic) bond motifs is 3. The first-order valence-corrected chi connectivity index (χ1v) is 10.7. The number of aliphatic carboxylic acids is 1. The summed E-state index contributed by atoms with van der Waals surface area (Å²) in [6.07, 6.45) is 1.14. The fraction of sp³-hybridized carbons (Fsp3) is 0.240. The number of amides is 2. The lowest BCUT2D eigenvalue weighted by atomic mass is 9.98. The van der Waals surface area contributed by atoms with Gasteiger partial charge in [0.05, 0.1) is 17.9 Å². The predicted molar refractivity (Wildman–Crippen MR) is 119 cm³/mol. The van der Waals surface area contributed by atoms with E-state index >= 15 is 0 Å².